The van der Waals surface area contributed by atoms with Crippen LogP contribution in [0.5, 0.6) is 0 Å². The van der Waals surface area contributed by atoms with Crippen molar-refractivity contribution in [3.8, 4) is 11.6 Å². The predicted molar refractivity (Wildman–Crippen MR) is 81.1 cm³/mol. The van der Waals surface area contributed by atoms with Crippen LogP contribution in [0.4, 0.5) is 0 Å². The molecule has 6 heteroatoms. The number of pyridine rings is 1. The highest BCUT2D eigenvalue weighted by Gasteiger charge is 2.31. The lowest BCUT2D eigenvalue weighted by molar-refractivity contribution is 0.181. The smallest absolute Gasteiger partial charge is 0.176 e. The molecular formula is C16H17N5O. The van der Waals surface area contributed by atoms with Gasteiger partial charge in [0.05, 0.1) is 19.3 Å². The quantitative estimate of drug-likeness (QED) is 0.800. The van der Waals surface area contributed by atoms with E-state index < -0.39 is 0 Å². The molecule has 2 atom stereocenters. The fourth-order valence-corrected chi connectivity index (χ4v) is 3.06. The molecule has 1 N–H and O–H groups in total. The Bertz CT molecular complexity index is 722. The fraction of sp³-hybridized carbons (Fsp3) is 0.312. The maximum Gasteiger partial charge on any atom is 0.176 e. The zero-order valence-corrected chi connectivity index (χ0v) is 12.1. The third-order valence-corrected chi connectivity index (χ3v) is 4.15. The molecule has 112 valence electrons. The van der Waals surface area contributed by atoms with E-state index in [-0.39, 0.29) is 6.04 Å². The van der Waals surface area contributed by atoms with Crippen LogP contribution >= 0.6 is 0 Å². The Morgan fingerprint density at radius 2 is 2.05 bits per heavy atom. The first-order valence-electron chi connectivity index (χ1n) is 7.41. The second kappa shape index (κ2) is 5.73. The van der Waals surface area contributed by atoms with Crippen LogP contribution in [0.1, 0.15) is 11.6 Å². The zero-order valence-electron chi connectivity index (χ0n) is 12.1. The third-order valence-electron chi connectivity index (χ3n) is 4.15. The molecule has 3 aromatic rings. The number of H-pyrrole nitrogens is 1. The van der Waals surface area contributed by atoms with E-state index in [1.165, 1.54) is 5.56 Å². The molecule has 0 amide bonds. The summed E-state index contributed by atoms with van der Waals surface area (Å²) in [4.78, 5) is 16.0. The van der Waals surface area contributed by atoms with Gasteiger partial charge in [-0.15, -0.1) is 0 Å². The van der Waals surface area contributed by atoms with Gasteiger partial charge >= 0.3 is 0 Å². The molecule has 6 nitrogen and oxygen atoms in total. The van der Waals surface area contributed by atoms with E-state index in [0.29, 0.717) is 12.5 Å². The second-order valence-corrected chi connectivity index (χ2v) is 5.52. The summed E-state index contributed by atoms with van der Waals surface area (Å²) in [6.07, 6.45) is 12.0. The van der Waals surface area contributed by atoms with Crippen molar-refractivity contribution < 1.29 is 4.74 Å². The molecule has 3 aromatic heterocycles. The molecule has 1 fully saturated rings. The number of imidazole rings is 2. The Balaban J connectivity index is 1.61. The summed E-state index contributed by atoms with van der Waals surface area (Å²) in [6.45, 7) is 1.47. The molecule has 0 radical (unpaired) electrons. The molecule has 4 heterocycles. The average molecular weight is 295 g/mol. The molecule has 1 aliphatic heterocycles. The Kier molecular flexibility index (Phi) is 3.44. The van der Waals surface area contributed by atoms with Crippen LogP contribution < -0.4 is 0 Å². The summed E-state index contributed by atoms with van der Waals surface area (Å²) in [5.74, 6) is 2.07. The van der Waals surface area contributed by atoms with E-state index >= 15 is 0 Å². The molecule has 22 heavy (non-hydrogen) atoms. The van der Waals surface area contributed by atoms with E-state index in [1.54, 1.807) is 6.20 Å². The Morgan fingerprint density at radius 3 is 2.86 bits per heavy atom. The summed E-state index contributed by atoms with van der Waals surface area (Å²) in [6, 6.07) is 4.41. The minimum atomic E-state index is 0.274. The van der Waals surface area contributed by atoms with Crippen LogP contribution in [0, 0.1) is 5.92 Å². The standard InChI is InChI=1S/C16H17N5O/c1-3-17-4-2-12(1)9-13-10-22-11-14(13)21-8-7-20-16(21)15-18-5-6-19-15/h1-8,13-14H,9-11H2,(H,18,19)/t13-,14-/m1/s1. The number of hydrogen-bond acceptors (Lipinski definition) is 4. The van der Waals surface area contributed by atoms with Gasteiger partial charge in [0.15, 0.2) is 11.6 Å². The predicted octanol–water partition coefficient (Wildman–Crippen LogP) is 2.10. The summed E-state index contributed by atoms with van der Waals surface area (Å²) in [5, 5.41) is 0. The number of aromatic amines is 1. The van der Waals surface area contributed by atoms with E-state index in [4.69, 9.17) is 4.74 Å². The average Bonchev–Trinajstić information content (AvgIpc) is 3.29. The van der Waals surface area contributed by atoms with Gasteiger partial charge in [-0.2, -0.15) is 0 Å². The SMILES string of the molecule is c1cc(C[C@@H]2COC[C@H]2n2ccnc2-c2ncc[nH]2)ccn1. The maximum atomic E-state index is 5.74. The molecule has 0 unspecified atom stereocenters. The van der Waals surface area contributed by atoms with Crippen LogP contribution in [0.3, 0.4) is 0 Å². The monoisotopic (exact) mass is 295 g/mol. The number of rotatable bonds is 4. The lowest BCUT2D eigenvalue weighted by Crippen LogP contribution is -2.20. The number of ether oxygens (including phenoxy) is 1. The molecule has 1 aliphatic rings. The first-order chi connectivity index (χ1) is 10.9. The molecule has 0 aromatic carbocycles. The van der Waals surface area contributed by atoms with Gasteiger partial charge in [0, 0.05) is 43.1 Å². The Hall–Kier alpha value is -2.47. The van der Waals surface area contributed by atoms with Crippen LogP contribution in [-0.4, -0.2) is 37.7 Å². The van der Waals surface area contributed by atoms with Crippen molar-refractivity contribution in [1.29, 1.82) is 0 Å². The lowest BCUT2D eigenvalue weighted by atomic mass is 9.95. The molecule has 0 aliphatic carbocycles. The minimum absolute atomic E-state index is 0.274. The van der Waals surface area contributed by atoms with Crippen LogP contribution in [0.2, 0.25) is 0 Å². The van der Waals surface area contributed by atoms with Gasteiger partial charge in [0.1, 0.15) is 0 Å². The number of hydrogen-bond donors (Lipinski definition) is 1. The van der Waals surface area contributed by atoms with Crippen molar-refractivity contribution in [3.05, 3.63) is 54.9 Å². The van der Waals surface area contributed by atoms with Crippen molar-refractivity contribution in [1.82, 2.24) is 24.5 Å². The van der Waals surface area contributed by atoms with Gasteiger partial charge in [-0.3, -0.25) is 4.98 Å². The van der Waals surface area contributed by atoms with Gasteiger partial charge in [0.2, 0.25) is 0 Å². The highest BCUT2D eigenvalue weighted by Crippen LogP contribution is 2.31. The summed E-state index contributed by atoms with van der Waals surface area (Å²) in [7, 11) is 0. The van der Waals surface area contributed by atoms with Crippen LogP contribution in [-0.2, 0) is 11.2 Å². The molecular weight excluding hydrogens is 278 g/mol. The Labute approximate surface area is 128 Å². The van der Waals surface area contributed by atoms with Gasteiger partial charge in [-0.1, -0.05) is 0 Å². The van der Waals surface area contributed by atoms with Gasteiger partial charge in [-0.05, 0) is 24.1 Å². The summed E-state index contributed by atoms with van der Waals surface area (Å²) < 4.78 is 7.92. The van der Waals surface area contributed by atoms with Crippen molar-refractivity contribution in [2.24, 2.45) is 5.92 Å². The lowest BCUT2D eigenvalue weighted by Gasteiger charge is -2.20. The topological polar surface area (TPSA) is 68.6 Å². The first-order valence-corrected chi connectivity index (χ1v) is 7.41. The van der Waals surface area contributed by atoms with Crippen molar-refractivity contribution >= 4 is 0 Å². The maximum absolute atomic E-state index is 5.74. The largest absolute Gasteiger partial charge is 0.379 e. The van der Waals surface area contributed by atoms with Gasteiger partial charge < -0.3 is 14.3 Å². The second-order valence-electron chi connectivity index (χ2n) is 5.52. The number of nitrogens with zero attached hydrogens (tertiary/aromatic N) is 4. The number of nitrogens with one attached hydrogen (secondary N) is 1. The fourth-order valence-electron chi connectivity index (χ4n) is 3.06. The van der Waals surface area contributed by atoms with E-state index in [9.17, 15) is 0 Å². The molecule has 4 rings (SSSR count). The molecule has 0 spiro atoms. The molecule has 1 saturated heterocycles. The van der Waals surface area contributed by atoms with Crippen molar-refractivity contribution in [2.45, 2.75) is 12.5 Å². The van der Waals surface area contributed by atoms with Crippen LogP contribution in [0.15, 0.2) is 49.3 Å². The number of aromatic nitrogens is 5. The third kappa shape index (κ3) is 2.42. The van der Waals surface area contributed by atoms with E-state index in [2.05, 4.69) is 36.6 Å². The van der Waals surface area contributed by atoms with Crippen molar-refractivity contribution in [3.63, 3.8) is 0 Å². The normalized spacial score (nSPS) is 21.3. The molecule has 0 saturated carbocycles. The molecule has 0 bridgehead atoms. The zero-order chi connectivity index (χ0) is 14.8. The minimum Gasteiger partial charge on any atom is -0.379 e. The highest BCUT2D eigenvalue weighted by atomic mass is 16.5. The van der Waals surface area contributed by atoms with E-state index in [0.717, 1.165) is 24.7 Å². The summed E-state index contributed by atoms with van der Waals surface area (Å²) in [5.41, 5.74) is 1.29. The van der Waals surface area contributed by atoms with E-state index in [1.807, 2.05) is 31.0 Å². The summed E-state index contributed by atoms with van der Waals surface area (Å²) >= 11 is 0. The first kappa shape index (κ1) is 13.2. The van der Waals surface area contributed by atoms with Gasteiger partial charge in [0.25, 0.3) is 0 Å². The van der Waals surface area contributed by atoms with Crippen LogP contribution in [0.25, 0.3) is 11.6 Å². The van der Waals surface area contributed by atoms with Gasteiger partial charge in [-0.25, -0.2) is 9.97 Å². The highest BCUT2D eigenvalue weighted by molar-refractivity contribution is 5.43. The Morgan fingerprint density at radius 1 is 1.14 bits per heavy atom. The van der Waals surface area contributed by atoms with Crippen molar-refractivity contribution in [2.75, 3.05) is 13.2 Å².